The smallest absolute Gasteiger partial charge is 0.410 e. The van der Waals surface area contributed by atoms with Crippen LogP contribution in [-0.2, 0) is 9.53 Å². The molecular weight excluding hydrogens is 361 g/mol. The van der Waals surface area contributed by atoms with E-state index >= 15 is 0 Å². The number of rotatable bonds is 2. The van der Waals surface area contributed by atoms with Gasteiger partial charge in [-0.3, -0.25) is 4.79 Å². The maximum Gasteiger partial charge on any atom is 0.410 e. The summed E-state index contributed by atoms with van der Waals surface area (Å²) in [6.07, 6.45) is -3.12. The second kappa shape index (κ2) is 8.27. The largest absolute Gasteiger partial charge is 0.444 e. The molecule has 156 valence electrons. The van der Waals surface area contributed by atoms with E-state index in [0.29, 0.717) is 32.4 Å². The van der Waals surface area contributed by atoms with Crippen LogP contribution >= 0.6 is 0 Å². The number of ether oxygens (including phenoxy) is 1. The van der Waals surface area contributed by atoms with Crippen molar-refractivity contribution >= 4 is 12.0 Å². The summed E-state index contributed by atoms with van der Waals surface area (Å²) in [5.74, 6) is -2.19. The first-order valence-corrected chi connectivity index (χ1v) is 9.72. The minimum absolute atomic E-state index is 0.0968. The number of hydrogen-bond donors (Lipinski definition) is 1. The Balaban J connectivity index is 1.94. The zero-order chi connectivity index (χ0) is 20.4. The monoisotopic (exact) mass is 392 g/mol. The number of carbonyl (C=O) groups is 2. The molecule has 2 amide bonds. The number of amides is 2. The molecule has 1 aliphatic carbocycles. The predicted octanol–water partition coefficient (Wildman–Crippen LogP) is 4.12. The molecule has 0 aromatic heterocycles. The van der Waals surface area contributed by atoms with Gasteiger partial charge in [0.1, 0.15) is 5.60 Å². The molecule has 1 aliphatic heterocycles. The van der Waals surface area contributed by atoms with Crippen molar-refractivity contribution in [3.63, 3.8) is 0 Å². The second-order valence-corrected chi connectivity index (χ2v) is 8.91. The Morgan fingerprint density at radius 1 is 1.11 bits per heavy atom. The number of likely N-dealkylation sites (tertiary alicyclic amines) is 1. The number of nitrogens with one attached hydrogen (secondary N) is 1. The van der Waals surface area contributed by atoms with E-state index in [4.69, 9.17) is 4.74 Å². The molecule has 4 atom stereocenters. The van der Waals surface area contributed by atoms with Gasteiger partial charge in [-0.25, -0.2) is 4.79 Å². The molecule has 27 heavy (non-hydrogen) atoms. The van der Waals surface area contributed by atoms with Crippen LogP contribution in [0.3, 0.4) is 0 Å². The van der Waals surface area contributed by atoms with Gasteiger partial charge in [-0.15, -0.1) is 0 Å². The standard InChI is InChI=1S/C19H31F3N2O3/c1-12-8-9-24(17(26)27-18(2,3)4)11-15(12)23-16(25)13-6-5-7-14(10-13)19(20,21)22/h12-15H,5-11H2,1-4H3,(H,23,25)/t12-,13-,14+,15+/m1/s1. The van der Waals surface area contributed by atoms with Crippen molar-refractivity contribution in [2.75, 3.05) is 13.1 Å². The van der Waals surface area contributed by atoms with Crippen LogP contribution in [0.25, 0.3) is 0 Å². The lowest BCUT2D eigenvalue weighted by atomic mass is 9.80. The highest BCUT2D eigenvalue weighted by Crippen LogP contribution is 2.40. The average molecular weight is 392 g/mol. The van der Waals surface area contributed by atoms with Crippen molar-refractivity contribution < 1.29 is 27.5 Å². The van der Waals surface area contributed by atoms with E-state index < -0.39 is 29.7 Å². The van der Waals surface area contributed by atoms with Crippen molar-refractivity contribution in [3.05, 3.63) is 0 Å². The van der Waals surface area contributed by atoms with Gasteiger partial charge in [-0.05, 0) is 52.4 Å². The van der Waals surface area contributed by atoms with Crippen molar-refractivity contribution in [2.24, 2.45) is 17.8 Å². The molecule has 0 spiro atoms. The molecule has 2 aliphatic rings. The van der Waals surface area contributed by atoms with E-state index in [1.54, 1.807) is 25.7 Å². The fraction of sp³-hybridized carbons (Fsp3) is 0.895. The Morgan fingerprint density at radius 3 is 2.37 bits per heavy atom. The Labute approximate surface area is 159 Å². The molecule has 2 fully saturated rings. The first kappa shape index (κ1) is 21.8. The van der Waals surface area contributed by atoms with E-state index in [1.807, 2.05) is 6.92 Å². The summed E-state index contributed by atoms with van der Waals surface area (Å²) in [7, 11) is 0. The number of halogens is 3. The third kappa shape index (κ3) is 6.28. The van der Waals surface area contributed by atoms with Crippen LogP contribution in [0.4, 0.5) is 18.0 Å². The Bertz CT molecular complexity index is 545. The van der Waals surface area contributed by atoms with Gasteiger partial charge in [0.05, 0.1) is 5.92 Å². The predicted molar refractivity (Wildman–Crippen MR) is 95.0 cm³/mol. The van der Waals surface area contributed by atoms with Gasteiger partial charge in [0.15, 0.2) is 0 Å². The molecule has 0 aromatic carbocycles. The fourth-order valence-corrected chi connectivity index (χ4v) is 3.78. The summed E-state index contributed by atoms with van der Waals surface area (Å²) >= 11 is 0. The summed E-state index contributed by atoms with van der Waals surface area (Å²) < 4.78 is 44.3. The summed E-state index contributed by atoms with van der Waals surface area (Å²) in [5, 5.41) is 2.90. The number of piperidine rings is 1. The summed E-state index contributed by atoms with van der Waals surface area (Å²) in [5.41, 5.74) is -0.604. The van der Waals surface area contributed by atoms with Gasteiger partial charge < -0.3 is 15.0 Å². The topological polar surface area (TPSA) is 58.6 Å². The van der Waals surface area contributed by atoms with Crippen LogP contribution in [0, 0.1) is 17.8 Å². The highest BCUT2D eigenvalue weighted by Gasteiger charge is 2.44. The van der Waals surface area contributed by atoms with E-state index in [0.717, 1.165) is 0 Å². The summed E-state index contributed by atoms with van der Waals surface area (Å²) in [6.45, 7) is 8.21. The molecule has 1 saturated carbocycles. The Hall–Kier alpha value is -1.47. The number of carbonyl (C=O) groups excluding carboxylic acids is 2. The summed E-state index contributed by atoms with van der Waals surface area (Å²) in [6, 6.07) is -0.273. The van der Waals surface area contributed by atoms with Crippen LogP contribution in [0.15, 0.2) is 0 Å². The molecule has 2 rings (SSSR count). The lowest BCUT2D eigenvalue weighted by Gasteiger charge is -2.39. The fourth-order valence-electron chi connectivity index (χ4n) is 3.78. The van der Waals surface area contributed by atoms with Crippen LogP contribution < -0.4 is 5.32 Å². The lowest BCUT2D eigenvalue weighted by Crippen LogP contribution is -2.55. The molecule has 0 unspecified atom stereocenters. The van der Waals surface area contributed by atoms with Gasteiger partial charge in [-0.1, -0.05) is 13.3 Å². The zero-order valence-electron chi connectivity index (χ0n) is 16.6. The van der Waals surface area contributed by atoms with E-state index in [9.17, 15) is 22.8 Å². The minimum Gasteiger partial charge on any atom is -0.444 e. The molecule has 1 heterocycles. The number of nitrogens with zero attached hydrogens (tertiary/aromatic N) is 1. The molecule has 5 nitrogen and oxygen atoms in total. The molecular formula is C19H31F3N2O3. The maximum absolute atomic E-state index is 13.0. The first-order valence-electron chi connectivity index (χ1n) is 9.72. The van der Waals surface area contributed by atoms with E-state index in [-0.39, 0.29) is 30.7 Å². The molecule has 1 N–H and O–H groups in total. The molecule has 0 aromatic rings. The molecule has 8 heteroatoms. The number of alkyl halides is 3. The van der Waals surface area contributed by atoms with Crippen molar-refractivity contribution in [2.45, 2.75) is 77.6 Å². The van der Waals surface area contributed by atoms with Crippen LogP contribution in [-0.4, -0.2) is 47.8 Å². The average Bonchev–Trinajstić information content (AvgIpc) is 2.54. The third-order valence-electron chi connectivity index (χ3n) is 5.45. The van der Waals surface area contributed by atoms with Crippen molar-refractivity contribution in [3.8, 4) is 0 Å². The van der Waals surface area contributed by atoms with Crippen LogP contribution in [0.2, 0.25) is 0 Å². The zero-order valence-corrected chi connectivity index (χ0v) is 16.6. The second-order valence-electron chi connectivity index (χ2n) is 8.91. The van der Waals surface area contributed by atoms with Gasteiger partial charge in [0, 0.05) is 25.0 Å². The van der Waals surface area contributed by atoms with E-state index in [1.165, 1.54) is 0 Å². The Morgan fingerprint density at radius 2 is 1.78 bits per heavy atom. The molecule has 0 bridgehead atoms. The van der Waals surface area contributed by atoms with Gasteiger partial charge in [-0.2, -0.15) is 13.2 Å². The highest BCUT2D eigenvalue weighted by molar-refractivity contribution is 5.79. The molecule has 1 saturated heterocycles. The van der Waals surface area contributed by atoms with E-state index in [2.05, 4.69) is 5.32 Å². The number of hydrogen-bond acceptors (Lipinski definition) is 3. The Kier molecular flexibility index (Phi) is 6.68. The quantitative estimate of drug-likeness (QED) is 0.769. The highest BCUT2D eigenvalue weighted by atomic mass is 19.4. The lowest BCUT2D eigenvalue weighted by molar-refractivity contribution is -0.186. The van der Waals surface area contributed by atoms with Crippen molar-refractivity contribution in [1.29, 1.82) is 0 Å². The molecule has 0 radical (unpaired) electrons. The normalized spacial score (nSPS) is 30.0. The van der Waals surface area contributed by atoms with Crippen LogP contribution in [0.5, 0.6) is 0 Å². The van der Waals surface area contributed by atoms with Gasteiger partial charge in [0.2, 0.25) is 5.91 Å². The van der Waals surface area contributed by atoms with Crippen LogP contribution in [0.1, 0.15) is 59.8 Å². The first-order chi connectivity index (χ1) is 12.4. The summed E-state index contributed by atoms with van der Waals surface area (Å²) in [4.78, 5) is 26.4. The van der Waals surface area contributed by atoms with Crippen molar-refractivity contribution in [1.82, 2.24) is 10.2 Å². The SMILES string of the molecule is C[C@@H]1CCN(C(=O)OC(C)(C)C)C[C@@H]1NC(=O)[C@@H]1CCC[C@H](C(F)(F)F)C1. The maximum atomic E-state index is 13.0. The minimum atomic E-state index is -4.25. The van der Waals surface area contributed by atoms with Gasteiger partial charge >= 0.3 is 12.3 Å². The van der Waals surface area contributed by atoms with Gasteiger partial charge in [0.25, 0.3) is 0 Å². The third-order valence-corrected chi connectivity index (χ3v) is 5.45.